The molecular weight excluding hydrogens is 400 g/mol. The van der Waals surface area contributed by atoms with Gasteiger partial charge >= 0.3 is 11.7 Å². The summed E-state index contributed by atoms with van der Waals surface area (Å²) >= 11 is 0. The zero-order valence-electron chi connectivity index (χ0n) is 18.0. The predicted molar refractivity (Wildman–Crippen MR) is 115 cm³/mol. The smallest absolute Gasteiger partial charge is 0.332 e. The average molecular weight is 424 g/mol. The number of hydrogen-bond donors (Lipinski definition) is 0. The molecule has 0 saturated carbocycles. The van der Waals surface area contributed by atoms with Crippen LogP contribution in [0.1, 0.15) is 23.1 Å². The van der Waals surface area contributed by atoms with Crippen molar-refractivity contribution in [3.8, 4) is 0 Å². The zero-order chi connectivity index (χ0) is 22.3. The van der Waals surface area contributed by atoms with Gasteiger partial charge in [-0.05, 0) is 43.5 Å². The molecule has 0 aliphatic heterocycles. The van der Waals surface area contributed by atoms with Gasteiger partial charge in [0.05, 0.1) is 25.6 Å². The highest BCUT2D eigenvalue weighted by atomic mass is 16.5. The third-order valence-corrected chi connectivity index (χ3v) is 5.59. The Kier molecular flexibility index (Phi) is 5.26. The number of aromatic nitrogens is 4. The number of carbonyl (C=O) groups excluding carboxylic acids is 1. The number of esters is 1. The molecule has 0 atom stereocenters. The molecule has 4 aromatic rings. The molecule has 31 heavy (non-hydrogen) atoms. The minimum Gasteiger partial charge on any atom is -0.465 e. The Bertz CT molecular complexity index is 1420. The van der Waals surface area contributed by atoms with E-state index in [1.807, 2.05) is 26.0 Å². The van der Waals surface area contributed by atoms with E-state index in [-0.39, 0.29) is 25.5 Å². The SMILES string of the molecule is Cc1cc2occ(CC(=O)OCCCn3c(=O)c4c(ncn4C)n(C)c3=O)c2cc1C. The van der Waals surface area contributed by atoms with Gasteiger partial charge in [-0.25, -0.2) is 9.78 Å². The summed E-state index contributed by atoms with van der Waals surface area (Å²) in [5.74, 6) is -0.386. The summed E-state index contributed by atoms with van der Waals surface area (Å²) in [5, 5.41) is 0.902. The minimum atomic E-state index is -0.446. The molecule has 0 spiro atoms. The third-order valence-electron chi connectivity index (χ3n) is 5.59. The van der Waals surface area contributed by atoms with Crippen LogP contribution in [-0.4, -0.2) is 31.3 Å². The molecule has 0 radical (unpaired) electrons. The molecule has 4 rings (SSSR count). The van der Waals surface area contributed by atoms with E-state index in [2.05, 4.69) is 4.98 Å². The Morgan fingerprint density at radius 3 is 2.68 bits per heavy atom. The van der Waals surface area contributed by atoms with Gasteiger partial charge in [-0.2, -0.15) is 0 Å². The second kappa shape index (κ2) is 7.90. The molecule has 3 heterocycles. The first-order chi connectivity index (χ1) is 14.8. The van der Waals surface area contributed by atoms with Gasteiger partial charge < -0.3 is 13.7 Å². The van der Waals surface area contributed by atoms with Crippen LogP contribution >= 0.6 is 0 Å². The van der Waals surface area contributed by atoms with Crippen LogP contribution in [0.25, 0.3) is 22.1 Å². The van der Waals surface area contributed by atoms with Crippen molar-refractivity contribution in [2.45, 2.75) is 33.2 Å². The van der Waals surface area contributed by atoms with Gasteiger partial charge in [-0.3, -0.25) is 18.7 Å². The summed E-state index contributed by atoms with van der Waals surface area (Å²) in [5.41, 5.74) is 3.62. The van der Waals surface area contributed by atoms with E-state index in [1.165, 1.54) is 10.9 Å². The largest absolute Gasteiger partial charge is 0.465 e. The van der Waals surface area contributed by atoms with Crippen molar-refractivity contribution >= 4 is 28.1 Å². The fourth-order valence-electron chi connectivity index (χ4n) is 3.68. The average Bonchev–Trinajstić information content (AvgIpc) is 3.30. The van der Waals surface area contributed by atoms with Gasteiger partial charge in [-0.15, -0.1) is 0 Å². The summed E-state index contributed by atoms with van der Waals surface area (Å²) in [6.45, 7) is 4.27. The van der Waals surface area contributed by atoms with Crippen LogP contribution in [-0.2, 0) is 36.6 Å². The second-order valence-electron chi connectivity index (χ2n) is 7.77. The number of aryl methyl sites for hydroxylation is 4. The molecule has 0 aliphatic rings. The summed E-state index contributed by atoms with van der Waals surface area (Å²) in [6.07, 6.45) is 3.52. The van der Waals surface area contributed by atoms with Crippen molar-refractivity contribution in [1.29, 1.82) is 0 Å². The lowest BCUT2D eigenvalue weighted by atomic mass is 10.0. The molecule has 0 aliphatic carbocycles. The third kappa shape index (κ3) is 3.67. The number of hydrogen-bond acceptors (Lipinski definition) is 6. The molecule has 9 nitrogen and oxygen atoms in total. The van der Waals surface area contributed by atoms with Gasteiger partial charge in [0.2, 0.25) is 0 Å². The molecule has 3 aromatic heterocycles. The highest BCUT2D eigenvalue weighted by Crippen LogP contribution is 2.25. The first-order valence-electron chi connectivity index (χ1n) is 10.0. The Hall–Kier alpha value is -3.62. The van der Waals surface area contributed by atoms with Crippen LogP contribution in [0.3, 0.4) is 0 Å². The van der Waals surface area contributed by atoms with Crippen LogP contribution in [0.15, 0.2) is 38.7 Å². The number of nitrogens with zero attached hydrogens (tertiary/aromatic N) is 4. The van der Waals surface area contributed by atoms with Crippen LogP contribution in [0.2, 0.25) is 0 Å². The van der Waals surface area contributed by atoms with Crippen molar-refractivity contribution in [1.82, 2.24) is 18.7 Å². The summed E-state index contributed by atoms with van der Waals surface area (Å²) < 4.78 is 15.0. The molecule has 162 valence electrons. The number of furan rings is 1. The van der Waals surface area contributed by atoms with E-state index >= 15 is 0 Å². The molecule has 1 aromatic carbocycles. The van der Waals surface area contributed by atoms with Crippen molar-refractivity contribution in [3.63, 3.8) is 0 Å². The summed E-state index contributed by atoms with van der Waals surface area (Å²) in [6, 6.07) is 3.96. The van der Waals surface area contributed by atoms with Gasteiger partial charge in [0.1, 0.15) is 5.58 Å². The maximum atomic E-state index is 12.7. The van der Waals surface area contributed by atoms with E-state index in [9.17, 15) is 14.4 Å². The van der Waals surface area contributed by atoms with Crippen molar-refractivity contribution < 1.29 is 13.9 Å². The second-order valence-corrected chi connectivity index (χ2v) is 7.77. The first kappa shape index (κ1) is 20.6. The molecular formula is C22H24N4O5. The first-order valence-corrected chi connectivity index (χ1v) is 10.0. The molecule has 0 bridgehead atoms. The zero-order valence-corrected chi connectivity index (χ0v) is 18.0. The molecule has 0 amide bonds. The Labute approximate surface area is 177 Å². The van der Waals surface area contributed by atoms with E-state index in [0.717, 1.165) is 32.2 Å². The molecule has 0 fully saturated rings. The number of imidazole rings is 1. The number of ether oxygens (including phenoxy) is 1. The predicted octanol–water partition coefficient (Wildman–Crippen LogP) is 1.97. The van der Waals surface area contributed by atoms with Gasteiger partial charge in [0.15, 0.2) is 11.2 Å². The minimum absolute atomic E-state index is 0.0954. The van der Waals surface area contributed by atoms with Crippen LogP contribution in [0.5, 0.6) is 0 Å². The lowest BCUT2D eigenvalue weighted by Gasteiger charge is -2.09. The van der Waals surface area contributed by atoms with Crippen LogP contribution in [0, 0.1) is 13.8 Å². The number of fused-ring (bicyclic) bond motifs is 2. The quantitative estimate of drug-likeness (QED) is 0.346. The van der Waals surface area contributed by atoms with Crippen molar-refractivity contribution in [3.05, 3.63) is 62.3 Å². The summed E-state index contributed by atoms with van der Waals surface area (Å²) in [4.78, 5) is 41.5. The topological polar surface area (TPSA) is 101 Å². The van der Waals surface area contributed by atoms with E-state index in [0.29, 0.717) is 17.6 Å². The van der Waals surface area contributed by atoms with E-state index in [1.54, 1.807) is 24.9 Å². The van der Waals surface area contributed by atoms with Crippen LogP contribution < -0.4 is 11.2 Å². The fourth-order valence-corrected chi connectivity index (χ4v) is 3.68. The monoisotopic (exact) mass is 424 g/mol. The number of rotatable bonds is 6. The Morgan fingerprint density at radius 1 is 1.16 bits per heavy atom. The van der Waals surface area contributed by atoms with E-state index in [4.69, 9.17) is 9.15 Å². The Balaban J connectivity index is 1.40. The van der Waals surface area contributed by atoms with Gasteiger partial charge in [0.25, 0.3) is 5.56 Å². The van der Waals surface area contributed by atoms with E-state index < -0.39 is 11.2 Å². The maximum Gasteiger partial charge on any atom is 0.332 e. The molecule has 0 saturated heterocycles. The van der Waals surface area contributed by atoms with Crippen molar-refractivity contribution in [2.24, 2.45) is 14.1 Å². The normalized spacial score (nSPS) is 11.5. The number of benzene rings is 1. The summed E-state index contributed by atoms with van der Waals surface area (Å²) in [7, 11) is 3.28. The number of carbonyl (C=O) groups is 1. The standard InChI is InChI=1S/C22H24N4O5/c1-13-8-16-15(11-31-17(16)9-14(13)2)10-18(27)30-7-5-6-26-21(28)19-20(23-12-24(19)3)25(4)22(26)29/h8-9,11-12H,5-7,10H2,1-4H3. The fraction of sp³-hybridized carbons (Fsp3) is 0.364. The highest BCUT2D eigenvalue weighted by molar-refractivity contribution is 5.86. The highest BCUT2D eigenvalue weighted by Gasteiger charge is 2.15. The lowest BCUT2D eigenvalue weighted by Crippen LogP contribution is -2.39. The van der Waals surface area contributed by atoms with Crippen molar-refractivity contribution in [2.75, 3.05) is 6.61 Å². The van der Waals surface area contributed by atoms with Gasteiger partial charge in [-0.1, -0.05) is 0 Å². The maximum absolute atomic E-state index is 12.7. The Morgan fingerprint density at radius 2 is 1.90 bits per heavy atom. The molecule has 0 unspecified atom stereocenters. The molecule has 0 N–H and O–H groups in total. The lowest BCUT2D eigenvalue weighted by molar-refractivity contribution is -0.143. The van der Waals surface area contributed by atoms with Gasteiger partial charge in [0, 0.05) is 31.6 Å². The molecule has 9 heteroatoms. The van der Waals surface area contributed by atoms with Crippen LogP contribution in [0.4, 0.5) is 0 Å².